The van der Waals surface area contributed by atoms with E-state index in [1.807, 2.05) is 0 Å². The minimum absolute atomic E-state index is 0.239. The van der Waals surface area contributed by atoms with E-state index >= 15 is 0 Å². The Morgan fingerprint density at radius 2 is 2.21 bits per heavy atom. The van der Waals surface area contributed by atoms with Gasteiger partial charge in [-0.1, -0.05) is 20.8 Å². The third-order valence-electron chi connectivity index (χ3n) is 1.86. The van der Waals surface area contributed by atoms with Gasteiger partial charge in [0.15, 0.2) is 0 Å². The van der Waals surface area contributed by atoms with Crippen molar-refractivity contribution in [2.45, 2.75) is 26.9 Å². The lowest BCUT2D eigenvalue weighted by Gasteiger charge is -2.19. The molecule has 0 aromatic carbocycles. The van der Waals surface area contributed by atoms with Crippen LogP contribution in [0.3, 0.4) is 0 Å². The molecule has 0 radical (unpaired) electrons. The van der Waals surface area contributed by atoms with Gasteiger partial charge in [0.2, 0.25) is 0 Å². The summed E-state index contributed by atoms with van der Waals surface area (Å²) in [5, 5.41) is 12.9. The number of furan rings is 1. The highest BCUT2D eigenvalue weighted by atomic mass is 16.4. The Balaban J connectivity index is 2.26. The van der Waals surface area contributed by atoms with Crippen LogP contribution in [0.2, 0.25) is 0 Å². The number of aliphatic hydroxyl groups is 1. The maximum Gasteiger partial charge on any atom is 0.133 e. The van der Waals surface area contributed by atoms with E-state index in [1.165, 1.54) is 0 Å². The van der Waals surface area contributed by atoms with Crippen LogP contribution in [0.4, 0.5) is 0 Å². The summed E-state index contributed by atoms with van der Waals surface area (Å²) in [6, 6.07) is 3.56. The second kappa shape index (κ2) is 4.62. The molecular weight excluding hydrogens is 178 g/mol. The average molecular weight is 197 g/mol. The van der Waals surface area contributed by atoms with E-state index in [9.17, 15) is 5.11 Å². The predicted molar refractivity (Wildman–Crippen MR) is 56.0 cm³/mol. The predicted octanol–water partition coefficient (Wildman–Crippen LogP) is 1.95. The molecule has 0 spiro atoms. The third-order valence-corrected chi connectivity index (χ3v) is 1.86. The van der Waals surface area contributed by atoms with Crippen LogP contribution in [-0.4, -0.2) is 18.2 Å². The summed E-state index contributed by atoms with van der Waals surface area (Å²) in [5.74, 6) is 0.617. The van der Waals surface area contributed by atoms with E-state index < -0.39 is 6.10 Å². The van der Waals surface area contributed by atoms with Gasteiger partial charge < -0.3 is 14.8 Å². The summed E-state index contributed by atoms with van der Waals surface area (Å²) in [7, 11) is 0. The Morgan fingerprint density at radius 1 is 1.50 bits per heavy atom. The molecule has 1 heterocycles. The lowest BCUT2D eigenvalue weighted by atomic mass is 9.97. The van der Waals surface area contributed by atoms with Gasteiger partial charge in [0.1, 0.15) is 11.9 Å². The van der Waals surface area contributed by atoms with Crippen LogP contribution in [0.15, 0.2) is 22.8 Å². The average Bonchev–Trinajstić information content (AvgIpc) is 2.53. The summed E-state index contributed by atoms with van der Waals surface area (Å²) in [5.41, 5.74) is 0.239. The van der Waals surface area contributed by atoms with Crippen molar-refractivity contribution in [1.82, 2.24) is 5.32 Å². The number of nitrogens with one attached hydrogen (secondary N) is 1. The molecule has 1 unspecified atom stereocenters. The van der Waals surface area contributed by atoms with Crippen molar-refractivity contribution < 1.29 is 9.52 Å². The highest BCUT2D eigenvalue weighted by Crippen LogP contribution is 2.13. The topological polar surface area (TPSA) is 45.4 Å². The van der Waals surface area contributed by atoms with Crippen LogP contribution in [0.5, 0.6) is 0 Å². The number of rotatable bonds is 4. The van der Waals surface area contributed by atoms with Crippen molar-refractivity contribution in [1.29, 1.82) is 0 Å². The first-order valence-corrected chi connectivity index (χ1v) is 4.91. The number of aliphatic hydroxyl groups excluding tert-OH is 1. The van der Waals surface area contributed by atoms with Gasteiger partial charge in [-0.15, -0.1) is 0 Å². The van der Waals surface area contributed by atoms with E-state index in [1.54, 1.807) is 18.4 Å². The van der Waals surface area contributed by atoms with Crippen molar-refractivity contribution in [3.05, 3.63) is 24.2 Å². The van der Waals surface area contributed by atoms with Gasteiger partial charge in [-0.05, 0) is 17.5 Å². The lowest BCUT2D eigenvalue weighted by molar-refractivity contribution is 0.143. The third kappa shape index (κ3) is 3.94. The standard InChI is InChI=1S/C11H19NO2/c1-11(2,3)8-12-7-9(13)10-5-4-6-14-10/h4-6,9,12-13H,7-8H2,1-3H3. The fraction of sp³-hybridized carbons (Fsp3) is 0.636. The molecule has 14 heavy (non-hydrogen) atoms. The van der Waals surface area contributed by atoms with E-state index in [4.69, 9.17) is 4.42 Å². The Hall–Kier alpha value is -0.800. The zero-order chi connectivity index (χ0) is 10.6. The molecule has 0 bridgehead atoms. The van der Waals surface area contributed by atoms with Gasteiger partial charge >= 0.3 is 0 Å². The number of hydrogen-bond acceptors (Lipinski definition) is 3. The van der Waals surface area contributed by atoms with Crippen molar-refractivity contribution in [2.24, 2.45) is 5.41 Å². The van der Waals surface area contributed by atoms with Gasteiger partial charge in [0.05, 0.1) is 6.26 Å². The molecule has 1 rings (SSSR count). The van der Waals surface area contributed by atoms with Crippen LogP contribution in [0.1, 0.15) is 32.6 Å². The quantitative estimate of drug-likeness (QED) is 0.775. The summed E-state index contributed by atoms with van der Waals surface area (Å²) in [6.45, 7) is 7.87. The van der Waals surface area contributed by atoms with E-state index in [2.05, 4.69) is 26.1 Å². The highest BCUT2D eigenvalue weighted by molar-refractivity contribution is 5.02. The fourth-order valence-corrected chi connectivity index (χ4v) is 1.17. The zero-order valence-electron chi connectivity index (χ0n) is 9.08. The first-order valence-electron chi connectivity index (χ1n) is 4.91. The summed E-state index contributed by atoms with van der Waals surface area (Å²) < 4.78 is 5.09. The molecule has 0 saturated heterocycles. The Bertz CT molecular complexity index is 249. The van der Waals surface area contributed by atoms with Crippen LogP contribution in [0.25, 0.3) is 0 Å². The van der Waals surface area contributed by atoms with E-state index in [0.717, 1.165) is 6.54 Å². The molecule has 1 aromatic rings. The monoisotopic (exact) mass is 197 g/mol. The van der Waals surface area contributed by atoms with Crippen LogP contribution in [0, 0.1) is 5.41 Å². The lowest BCUT2D eigenvalue weighted by Crippen LogP contribution is -2.30. The summed E-state index contributed by atoms with van der Waals surface area (Å²) in [6.07, 6.45) is 1.02. The Labute approximate surface area is 85.1 Å². The molecule has 0 aliphatic carbocycles. The minimum atomic E-state index is -0.549. The van der Waals surface area contributed by atoms with Crippen molar-refractivity contribution in [2.75, 3.05) is 13.1 Å². The van der Waals surface area contributed by atoms with E-state index in [-0.39, 0.29) is 5.41 Å². The molecule has 3 heteroatoms. The van der Waals surface area contributed by atoms with Gasteiger partial charge in [-0.25, -0.2) is 0 Å². The summed E-state index contributed by atoms with van der Waals surface area (Å²) >= 11 is 0. The minimum Gasteiger partial charge on any atom is -0.467 e. The van der Waals surface area contributed by atoms with Gasteiger partial charge in [0.25, 0.3) is 0 Å². The van der Waals surface area contributed by atoms with E-state index in [0.29, 0.717) is 12.3 Å². The molecule has 3 nitrogen and oxygen atoms in total. The van der Waals surface area contributed by atoms with Crippen LogP contribution < -0.4 is 5.32 Å². The second-order valence-corrected chi connectivity index (χ2v) is 4.72. The van der Waals surface area contributed by atoms with Crippen LogP contribution >= 0.6 is 0 Å². The summed E-state index contributed by atoms with van der Waals surface area (Å²) in [4.78, 5) is 0. The van der Waals surface area contributed by atoms with Gasteiger partial charge in [-0.2, -0.15) is 0 Å². The Kier molecular flexibility index (Phi) is 3.72. The van der Waals surface area contributed by atoms with Gasteiger partial charge in [-0.3, -0.25) is 0 Å². The molecule has 0 saturated carbocycles. The smallest absolute Gasteiger partial charge is 0.133 e. The molecule has 1 atom stereocenters. The Morgan fingerprint density at radius 3 is 2.71 bits per heavy atom. The molecule has 0 aliphatic rings. The highest BCUT2D eigenvalue weighted by Gasteiger charge is 2.13. The molecule has 2 N–H and O–H groups in total. The van der Waals surface area contributed by atoms with Crippen LogP contribution in [-0.2, 0) is 0 Å². The maximum atomic E-state index is 9.65. The first kappa shape index (κ1) is 11.3. The molecular formula is C11H19NO2. The van der Waals surface area contributed by atoms with Gasteiger partial charge in [0, 0.05) is 13.1 Å². The molecule has 0 fully saturated rings. The number of hydrogen-bond donors (Lipinski definition) is 2. The second-order valence-electron chi connectivity index (χ2n) is 4.72. The van der Waals surface area contributed by atoms with Crippen molar-refractivity contribution >= 4 is 0 Å². The molecule has 1 aromatic heterocycles. The molecule has 0 aliphatic heterocycles. The molecule has 80 valence electrons. The molecule has 0 amide bonds. The zero-order valence-corrected chi connectivity index (χ0v) is 9.08. The SMILES string of the molecule is CC(C)(C)CNCC(O)c1ccco1. The maximum absolute atomic E-state index is 9.65. The largest absolute Gasteiger partial charge is 0.467 e. The normalized spacial score (nSPS) is 14.3. The van der Waals surface area contributed by atoms with Crippen molar-refractivity contribution in [3.63, 3.8) is 0 Å². The fourth-order valence-electron chi connectivity index (χ4n) is 1.17. The first-order chi connectivity index (χ1) is 6.49. The van der Waals surface area contributed by atoms with Crippen molar-refractivity contribution in [3.8, 4) is 0 Å².